The summed E-state index contributed by atoms with van der Waals surface area (Å²) in [5.74, 6) is 0.122. The fourth-order valence-corrected chi connectivity index (χ4v) is 2.19. The smallest absolute Gasteiger partial charge is 0.134 e. The summed E-state index contributed by atoms with van der Waals surface area (Å²) >= 11 is 5.89. The van der Waals surface area contributed by atoms with Crippen LogP contribution in [0, 0.1) is 6.92 Å². The Bertz CT molecular complexity index is 568. The van der Waals surface area contributed by atoms with Crippen LogP contribution < -0.4 is 5.32 Å². The maximum absolute atomic E-state index is 9.38. The number of nitrogens with one attached hydrogen (secondary N) is 1. The van der Waals surface area contributed by atoms with Crippen LogP contribution in [-0.4, -0.2) is 5.11 Å². The second kappa shape index (κ2) is 6.09. The van der Waals surface area contributed by atoms with E-state index in [-0.39, 0.29) is 11.8 Å². The SMILES string of the molecule is Cc1cccc([C@H](C)NCc2ccc(O)c(Cl)c2)c1. The van der Waals surface area contributed by atoms with Gasteiger partial charge in [0, 0.05) is 12.6 Å². The maximum atomic E-state index is 9.38. The van der Waals surface area contributed by atoms with Crippen molar-refractivity contribution in [2.75, 3.05) is 0 Å². The Balaban J connectivity index is 2.00. The average Bonchev–Trinajstić information content (AvgIpc) is 2.40. The number of phenolic OH excluding ortho intramolecular Hbond substituents is 1. The standard InChI is InChI=1S/C16H18ClNO/c1-11-4-3-5-14(8-11)12(2)18-10-13-6-7-16(19)15(17)9-13/h3-9,12,18-19H,10H2,1-2H3/t12-/m0/s1. The molecule has 3 heteroatoms. The molecule has 0 unspecified atom stereocenters. The van der Waals surface area contributed by atoms with Gasteiger partial charge in [-0.2, -0.15) is 0 Å². The minimum atomic E-state index is 0.122. The van der Waals surface area contributed by atoms with Crippen LogP contribution in [0.25, 0.3) is 0 Å². The van der Waals surface area contributed by atoms with E-state index in [9.17, 15) is 5.11 Å². The van der Waals surface area contributed by atoms with E-state index in [1.807, 2.05) is 6.07 Å². The van der Waals surface area contributed by atoms with Gasteiger partial charge in [0.2, 0.25) is 0 Å². The highest BCUT2D eigenvalue weighted by Gasteiger charge is 2.06. The van der Waals surface area contributed by atoms with Gasteiger partial charge in [-0.1, -0.05) is 47.5 Å². The topological polar surface area (TPSA) is 32.3 Å². The van der Waals surface area contributed by atoms with Gasteiger partial charge in [0.1, 0.15) is 5.75 Å². The van der Waals surface area contributed by atoms with E-state index in [0.717, 1.165) is 12.1 Å². The predicted molar refractivity (Wildman–Crippen MR) is 79.6 cm³/mol. The lowest BCUT2D eigenvalue weighted by Gasteiger charge is -2.15. The zero-order valence-electron chi connectivity index (χ0n) is 11.2. The van der Waals surface area contributed by atoms with Crippen molar-refractivity contribution in [3.8, 4) is 5.75 Å². The highest BCUT2D eigenvalue weighted by atomic mass is 35.5. The van der Waals surface area contributed by atoms with E-state index in [4.69, 9.17) is 11.6 Å². The Labute approximate surface area is 119 Å². The largest absolute Gasteiger partial charge is 0.506 e. The third kappa shape index (κ3) is 3.72. The molecule has 0 aliphatic rings. The van der Waals surface area contributed by atoms with E-state index >= 15 is 0 Å². The summed E-state index contributed by atoms with van der Waals surface area (Å²) < 4.78 is 0. The zero-order valence-corrected chi connectivity index (χ0v) is 11.9. The minimum Gasteiger partial charge on any atom is -0.506 e. The Kier molecular flexibility index (Phi) is 4.46. The lowest BCUT2D eigenvalue weighted by Crippen LogP contribution is -2.18. The zero-order chi connectivity index (χ0) is 13.8. The van der Waals surface area contributed by atoms with E-state index in [1.54, 1.807) is 12.1 Å². The molecule has 2 rings (SSSR count). The van der Waals surface area contributed by atoms with Crippen molar-refractivity contribution in [1.29, 1.82) is 0 Å². The third-order valence-electron chi connectivity index (χ3n) is 3.17. The van der Waals surface area contributed by atoms with Gasteiger partial charge >= 0.3 is 0 Å². The monoisotopic (exact) mass is 275 g/mol. The summed E-state index contributed by atoms with van der Waals surface area (Å²) in [5, 5.41) is 13.2. The molecule has 2 aromatic carbocycles. The molecular formula is C16H18ClNO. The average molecular weight is 276 g/mol. The summed E-state index contributed by atoms with van der Waals surface area (Å²) in [6.45, 7) is 4.95. The van der Waals surface area contributed by atoms with Gasteiger partial charge in [-0.15, -0.1) is 0 Å². The number of halogens is 1. The van der Waals surface area contributed by atoms with Crippen LogP contribution in [0.1, 0.15) is 29.7 Å². The van der Waals surface area contributed by atoms with Crippen LogP contribution in [0.5, 0.6) is 5.75 Å². The second-order valence-electron chi connectivity index (χ2n) is 4.80. The lowest BCUT2D eigenvalue weighted by molar-refractivity contribution is 0.475. The van der Waals surface area contributed by atoms with Gasteiger partial charge in [0.25, 0.3) is 0 Å². The van der Waals surface area contributed by atoms with Crippen molar-refractivity contribution in [3.05, 3.63) is 64.2 Å². The molecule has 1 atom stereocenters. The molecule has 19 heavy (non-hydrogen) atoms. The molecule has 0 aliphatic carbocycles. The summed E-state index contributed by atoms with van der Waals surface area (Å²) in [6, 6.07) is 14.0. The first-order chi connectivity index (χ1) is 9.06. The van der Waals surface area contributed by atoms with Crippen molar-refractivity contribution >= 4 is 11.6 Å². The van der Waals surface area contributed by atoms with Crippen LogP contribution in [0.3, 0.4) is 0 Å². The molecule has 0 spiro atoms. The molecular weight excluding hydrogens is 258 g/mol. The molecule has 2 aromatic rings. The number of phenols is 1. The van der Waals surface area contributed by atoms with Gasteiger partial charge in [-0.05, 0) is 37.1 Å². The third-order valence-corrected chi connectivity index (χ3v) is 3.47. The molecule has 0 heterocycles. The first kappa shape index (κ1) is 13.9. The molecule has 0 radical (unpaired) electrons. The number of rotatable bonds is 4. The van der Waals surface area contributed by atoms with Gasteiger partial charge < -0.3 is 10.4 Å². The number of benzene rings is 2. The molecule has 0 amide bonds. The molecule has 0 fully saturated rings. The van der Waals surface area contributed by atoms with Crippen molar-refractivity contribution in [2.45, 2.75) is 26.4 Å². The molecule has 0 aliphatic heterocycles. The van der Waals surface area contributed by atoms with Gasteiger partial charge in [-0.3, -0.25) is 0 Å². The van der Waals surface area contributed by atoms with Crippen LogP contribution >= 0.6 is 11.6 Å². The summed E-state index contributed by atoms with van der Waals surface area (Å²) in [4.78, 5) is 0. The summed E-state index contributed by atoms with van der Waals surface area (Å²) in [6.07, 6.45) is 0. The normalized spacial score (nSPS) is 12.4. The van der Waals surface area contributed by atoms with Gasteiger partial charge in [0.15, 0.2) is 0 Å². The Morgan fingerprint density at radius 2 is 2.00 bits per heavy atom. The van der Waals surface area contributed by atoms with Crippen LogP contribution in [0.2, 0.25) is 5.02 Å². The van der Waals surface area contributed by atoms with E-state index in [2.05, 4.69) is 43.4 Å². The van der Waals surface area contributed by atoms with E-state index < -0.39 is 0 Å². The van der Waals surface area contributed by atoms with E-state index in [1.165, 1.54) is 11.1 Å². The number of hydrogen-bond acceptors (Lipinski definition) is 2. The number of aromatic hydroxyl groups is 1. The first-order valence-corrected chi connectivity index (χ1v) is 6.71. The molecule has 0 saturated carbocycles. The van der Waals surface area contributed by atoms with Gasteiger partial charge in [-0.25, -0.2) is 0 Å². The number of hydrogen-bond donors (Lipinski definition) is 2. The lowest BCUT2D eigenvalue weighted by atomic mass is 10.1. The van der Waals surface area contributed by atoms with Gasteiger partial charge in [0.05, 0.1) is 5.02 Å². The van der Waals surface area contributed by atoms with Crippen LogP contribution in [0.15, 0.2) is 42.5 Å². The van der Waals surface area contributed by atoms with Crippen LogP contribution in [0.4, 0.5) is 0 Å². The Morgan fingerprint density at radius 3 is 2.68 bits per heavy atom. The van der Waals surface area contributed by atoms with E-state index in [0.29, 0.717) is 5.02 Å². The van der Waals surface area contributed by atoms with Crippen molar-refractivity contribution < 1.29 is 5.11 Å². The fraction of sp³-hybridized carbons (Fsp3) is 0.250. The minimum absolute atomic E-state index is 0.122. The Hall–Kier alpha value is -1.51. The van der Waals surface area contributed by atoms with Crippen molar-refractivity contribution in [2.24, 2.45) is 0 Å². The highest BCUT2D eigenvalue weighted by molar-refractivity contribution is 6.32. The summed E-state index contributed by atoms with van der Waals surface area (Å²) in [7, 11) is 0. The molecule has 0 bridgehead atoms. The van der Waals surface area contributed by atoms with Crippen molar-refractivity contribution in [1.82, 2.24) is 5.32 Å². The highest BCUT2D eigenvalue weighted by Crippen LogP contribution is 2.24. The van der Waals surface area contributed by atoms with Crippen molar-refractivity contribution in [3.63, 3.8) is 0 Å². The molecule has 0 saturated heterocycles. The molecule has 100 valence electrons. The summed E-state index contributed by atoms with van der Waals surface area (Å²) in [5.41, 5.74) is 3.59. The molecule has 2 N–H and O–H groups in total. The molecule has 0 aromatic heterocycles. The first-order valence-electron chi connectivity index (χ1n) is 6.33. The Morgan fingerprint density at radius 1 is 1.21 bits per heavy atom. The molecule has 2 nitrogen and oxygen atoms in total. The number of aryl methyl sites for hydroxylation is 1. The van der Waals surface area contributed by atoms with Crippen LogP contribution in [-0.2, 0) is 6.54 Å². The predicted octanol–water partition coefficient (Wildman–Crippen LogP) is 4.20. The maximum Gasteiger partial charge on any atom is 0.134 e. The second-order valence-corrected chi connectivity index (χ2v) is 5.21. The fourth-order valence-electron chi connectivity index (χ4n) is 1.99. The quantitative estimate of drug-likeness (QED) is 0.876.